The Labute approximate surface area is 111 Å². The third-order valence-corrected chi connectivity index (χ3v) is 2.77. The molecule has 0 heterocycles. The molecule has 0 aliphatic heterocycles. The van der Waals surface area contributed by atoms with Crippen LogP contribution in [-0.4, -0.2) is 25.0 Å². The molecule has 0 aromatic heterocycles. The number of hydrogen-bond donors (Lipinski definition) is 1. The quantitative estimate of drug-likeness (QED) is 0.853. The maximum Gasteiger partial charge on any atom is 0.328 e. The van der Waals surface area contributed by atoms with E-state index >= 15 is 0 Å². The summed E-state index contributed by atoms with van der Waals surface area (Å²) in [5.41, 5.74) is 0.453. The molecule has 1 amide bonds. The van der Waals surface area contributed by atoms with Crippen LogP contribution in [0.15, 0.2) is 24.3 Å². The molecule has 0 radical (unpaired) electrons. The van der Waals surface area contributed by atoms with Crippen molar-refractivity contribution in [3.05, 3.63) is 34.9 Å². The molecular weight excluding hydrogens is 254 g/mol. The Morgan fingerprint density at radius 2 is 1.78 bits per heavy atom. The summed E-state index contributed by atoms with van der Waals surface area (Å²) in [7, 11) is 1.30. The number of carbonyl (C=O) groups excluding carboxylic acids is 2. The van der Waals surface area contributed by atoms with Gasteiger partial charge in [-0.05, 0) is 30.2 Å². The highest BCUT2D eigenvalue weighted by Gasteiger charge is 2.25. The molecule has 0 fully saturated rings. The van der Waals surface area contributed by atoms with E-state index < -0.39 is 12.0 Å². The molecule has 1 N–H and O–H groups in total. The number of hydrogen-bond acceptors (Lipinski definition) is 3. The van der Waals surface area contributed by atoms with Crippen molar-refractivity contribution < 1.29 is 14.3 Å². The largest absolute Gasteiger partial charge is 0.467 e. The first-order valence-corrected chi connectivity index (χ1v) is 5.97. The molecule has 18 heavy (non-hydrogen) atoms. The third-order valence-electron chi connectivity index (χ3n) is 2.51. The zero-order valence-corrected chi connectivity index (χ0v) is 11.3. The van der Waals surface area contributed by atoms with Crippen molar-refractivity contribution in [1.29, 1.82) is 0 Å². The minimum Gasteiger partial charge on any atom is -0.467 e. The molecule has 0 saturated carbocycles. The van der Waals surface area contributed by atoms with Crippen molar-refractivity contribution in [1.82, 2.24) is 5.32 Å². The lowest BCUT2D eigenvalue weighted by molar-refractivity contribution is -0.144. The zero-order chi connectivity index (χ0) is 13.7. The fourth-order valence-electron chi connectivity index (χ4n) is 1.45. The van der Waals surface area contributed by atoms with Crippen molar-refractivity contribution in [3.8, 4) is 0 Å². The van der Waals surface area contributed by atoms with Gasteiger partial charge in [0, 0.05) is 10.6 Å². The molecule has 5 heteroatoms. The molecule has 0 bridgehead atoms. The first-order chi connectivity index (χ1) is 8.45. The van der Waals surface area contributed by atoms with Crippen LogP contribution in [0, 0.1) is 5.92 Å². The summed E-state index contributed by atoms with van der Waals surface area (Å²) in [4.78, 5) is 23.4. The lowest BCUT2D eigenvalue weighted by atomic mass is 10.0. The van der Waals surface area contributed by atoms with E-state index in [-0.39, 0.29) is 11.8 Å². The number of benzene rings is 1. The van der Waals surface area contributed by atoms with Crippen molar-refractivity contribution in [3.63, 3.8) is 0 Å². The summed E-state index contributed by atoms with van der Waals surface area (Å²) in [6, 6.07) is 5.80. The first kappa shape index (κ1) is 14.5. The number of rotatable bonds is 4. The van der Waals surface area contributed by atoms with Gasteiger partial charge in [-0.3, -0.25) is 4.79 Å². The molecule has 98 valence electrons. The van der Waals surface area contributed by atoms with Gasteiger partial charge in [0.15, 0.2) is 0 Å². The van der Waals surface area contributed by atoms with Crippen molar-refractivity contribution in [2.75, 3.05) is 7.11 Å². The summed E-state index contributed by atoms with van der Waals surface area (Å²) < 4.78 is 4.65. The summed E-state index contributed by atoms with van der Waals surface area (Å²) in [5, 5.41) is 3.20. The second kappa shape index (κ2) is 6.40. The molecule has 0 spiro atoms. The van der Waals surface area contributed by atoms with Crippen molar-refractivity contribution >= 4 is 23.5 Å². The van der Waals surface area contributed by atoms with E-state index in [9.17, 15) is 9.59 Å². The van der Waals surface area contributed by atoms with Crippen LogP contribution < -0.4 is 5.32 Å². The van der Waals surface area contributed by atoms with Crippen LogP contribution in [0.2, 0.25) is 5.02 Å². The van der Waals surface area contributed by atoms with E-state index in [0.717, 1.165) is 0 Å². The fourth-order valence-corrected chi connectivity index (χ4v) is 1.58. The van der Waals surface area contributed by atoms with Crippen LogP contribution in [0.1, 0.15) is 24.2 Å². The molecule has 1 aromatic carbocycles. The number of methoxy groups -OCH3 is 1. The van der Waals surface area contributed by atoms with E-state index in [1.165, 1.54) is 7.11 Å². The van der Waals surface area contributed by atoms with Gasteiger partial charge >= 0.3 is 5.97 Å². The fraction of sp³-hybridized carbons (Fsp3) is 0.385. The Hall–Kier alpha value is -1.55. The second-order valence-corrected chi connectivity index (χ2v) is 4.66. The average Bonchev–Trinajstić information content (AvgIpc) is 2.35. The van der Waals surface area contributed by atoms with Gasteiger partial charge in [0.25, 0.3) is 5.91 Å². The van der Waals surface area contributed by atoms with Gasteiger partial charge in [0.05, 0.1) is 7.11 Å². The molecule has 0 saturated heterocycles. The predicted octanol–water partition coefficient (Wildman–Crippen LogP) is 2.27. The van der Waals surface area contributed by atoms with Crippen LogP contribution in [0.5, 0.6) is 0 Å². The standard InChI is InChI=1S/C13H16ClNO3/c1-8(2)11(13(17)18-3)15-12(16)9-4-6-10(14)7-5-9/h4-8,11H,1-3H3,(H,15,16). The highest BCUT2D eigenvalue weighted by atomic mass is 35.5. The molecule has 1 atom stereocenters. The summed E-state index contributed by atoms with van der Waals surface area (Å²) in [5.74, 6) is -0.822. The van der Waals surface area contributed by atoms with Gasteiger partial charge in [-0.2, -0.15) is 0 Å². The predicted molar refractivity (Wildman–Crippen MR) is 69.6 cm³/mol. The van der Waals surface area contributed by atoms with Crippen LogP contribution in [0.25, 0.3) is 0 Å². The van der Waals surface area contributed by atoms with Gasteiger partial charge in [-0.15, -0.1) is 0 Å². The van der Waals surface area contributed by atoms with Crippen LogP contribution in [0.3, 0.4) is 0 Å². The van der Waals surface area contributed by atoms with Crippen molar-refractivity contribution in [2.24, 2.45) is 5.92 Å². The number of ether oxygens (including phenoxy) is 1. The van der Waals surface area contributed by atoms with E-state index in [2.05, 4.69) is 10.1 Å². The van der Waals surface area contributed by atoms with Crippen LogP contribution in [0.4, 0.5) is 0 Å². The normalized spacial score (nSPS) is 12.1. The Morgan fingerprint density at radius 1 is 1.22 bits per heavy atom. The van der Waals surface area contributed by atoms with E-state index in [0.29, 0.717) is 10.6 Å². The number of esters is 1. The van der Waals surface area contributed by atoms with Crippen molar-refractivity contribution in [2.45, 2.75) is 19.9 Å². The average molecular weight is 270 g/mol. The third kappa shape index (κ3) is 3.74. The molecular formula is C13H16ClNO3. The number of carbonyl (C=O) groups is 2. The lowest BCUT2D eigenvalue weighted by Gasteiger charge is -2.19. The van der Waals surface area contributed by atoms with E-state index in [4.69, 9.17) is 11.6 Å². The first-order valence-electron chi connectivity index (χ1n) is 5.60. The molecule has 0 aliphatic rings. The highest BCUT2D eigenvalue weighted by molar-refractivity contribution is 6.30. The van der Waals surface area contributed by atoms with Gasteiger partial charge in [-0.1, -0.05) is 25.4 Å². The van der Waals surface area contributed by atoms with Gasteiger partial charge in [0.2, 0.25) is 0 Å². The maximum atomic E-state index is 11.9. The number of halogens is 1. The Kier molecular flexibility index (Phi) is 5.16. The van der Waals surface area contributed by atoms with E-state index in [1.54, 1.807) is 24.3 Å². The molecule has 1 rings (SSSR count). The molecule has 1 aromatic rings. The van der Waals surface area contributed by atoms with Gasteiger partial charge in [0.1, 0.15) is 6.04 Å². The summed E-state index contributed by atoms with van der Waals surface area (Å²) in [6.07, 6.45) is 0. The summed E-state index contributed by atoms with van der Waals surface area (Å²) in [6.45, 7) is 3.67. The molecule has 1 unspecified atom stereocenters. The number of amides is 1. The Balaban J connectivity index is 2.78. The smallest absolute Gasteiger partial charge is 0.328 e. The van der Waals surface area contributed by atoms with E-state index in [1.807, 2.05) is 13.8 Å². The SMILES string of the molecule is COC(=O)C(NC(=O)c1ccc(Cl)cc1)C(C)C. The highest BCUT2D eigenvalue weighted by Crippen LogP contribution is 2.11. The molecule has 0 aliphatic carbocycles. The van der Waals surface area contributed by atoms with Crippen LogP contribution in [-0.2, 0) is 9.53 Å². The Bertz CT molecular complexity index is 428. The minimum atomic E-state index is -0.654. The van der Waals surface area contributed by atoms with Crippen LogP contribution >= 0.6 is 11.6 Å². The monoisotopic (exact) mass is 269 g/mol. The maximum absolute atomic E-state index is 11.9. The number of nitrogens with one attached hydrogen (secondary N) is 1. The topological polar surface area (TPSA) is 55.4 Å². The van der Waals surface area contributed by atoms with Gasteiger partial charge < -0.3 is 10.1 Å². The minimum absolute atomic E-state index is 0.0475. The van der Waals surface area contributed by atoms with Gasteiger partial charge in [-0.25, -0.2) is 4.79 Å². The zero-order valence-electron chi connectivity index (χ0n) is 10.6. The summed E-state index contributed by atoms with van der Waals surface area (Å²) >= 11 is 5.74. The second-order valence-electron chi connectivity index (χ2n) is 4.23. The Morgan fingerprint density at radius 3 is 2.22 bits per heavy atom. The lowest BCUT2D eigenvalue weighted by Crippen LogP contribution is -2.45. The molecule has 4 nitrogen and oxygen atoms in total.